The van der Waals surface area contributed by atoms with Gasteiger partial charge in [0.25, 0.3) is 0 Å². The average Bonchev–Trinajstić information content (AvgIpc) is 2.77. The molecule has 0 fully saturated rings. The van der Waals surface area contributed by atoms with Crippen molar-refractivity contribution in [3.63, 3.8) is 0 Å². The van der Waals surface area contributed by atoms with E-state index >= 15 is 0 Å². The first-order valence-corrected chi connectivity index (χ1v) is 7.75. The van der Waals surface area contributed by atoms with Crippen molar-refractivity contribution in [1.82, 2.24) is 10.2 Å². The third-order valence-electron chi connectivity index (χ3n) is 3.52. The van der Waals surface area contributed by atoms with Crippen molar-refractivity contribution in [2.75, 3.05) is 32.9 Å². The molecule has 0 aliphatic carbocycles. The first-order chi connectivity index (χ1) is 8.66. The summed E-state index contributed by atoms with van der Waals surface area (Å²) in [6.45, 7) is 4.56. The van der Waals surface area contributed by atoms with Crippen LogP contribution in [0.25, 0.3) is 0 Å². The Morgan fingerprint density at radius 1 is 1.39 bits per heavy atom. The van der Waals surface area contributed by atoms with E-state index in [-0.39, 0.29) is 0 Å². The zero-order valence-electron chi connectivity index (χ0n) is 11.6. The second-order valence-corrected chi connectivity index (χ2v) is 6.51. The first kappa shape index (κ1) is 13.9. The minimum atomic E-state index is 0.602. The highest BCUT2D eigenvalue weighted by Gasteiger charge is 2.22. The molecule has 0 amide bonds. The van der Waals surface area contributed by atoms with Crippen LogP contribution in [0.4, 0.5) is 0 Å². The summed E-state index contributed by atoms with van der Waals surface area (Å²) in [5.74, 6) is 1.92. The summed E-state index contributed by atoms with van der Waals surface area (Å²) in [5.41, 5.74) is 1.54. The van der Waals surface area contributed by atoms with Gasteiger partial charge < -0.3 is 10.2 Å². The summed E-state index contributed by atoms with van der Waals surface area (Å²) < 4.78 is 0. The molecule has 1 aromatic rings. The van der Waals surface area contributed by atoms with Gasteiger partial charge in [-0.25, -0.2) is 0 Å². The van der Waals surface area contributed by atoms with Gasteiger partial charge in [-0.05, 0) is 45.6 Å². The van der Waals surface area contributed by atoms with Crippen LogP contribution in [-0.4, -0.2) is 43.9 Å². The lowest BCUT2D eigenvalue weighted by atomic mass is 10.0. The number of thioether (sulfide) groups is 1. The predicted molar refractivity (Wildman–Crippen MR) is 80.5 cm³/mol. The molecule has 18 heavy (non-hydrogen) atoms. The molecule has 2 rings (SSSR count). The molecule has 100 valence electrons. The van der Waals surface area contributed by atoms with Crippen LogP contribution in [0.3, 0.4) is 0 Å². The number of rotatable bonds is 6. The molecular formula is C15H24N2S. The summed E-state index contributed by atoms with van der Waals surface area (Å²) in [4.78, 5) is 3.73. The fourth-order valence-electron chi connectivity index (χ4n) is 2.30. The van der Waals surface area contributed by atoms with Gasteiger partial charge in [-0.2, -0.15) is 0 Å². The standard InChI is InChI=1S/C15H24N2S/c1-12(8-9-17(2)3)16-10-13-11-18-15-7-5-4-6-14(13)15/h4-7,12-13,16H,8-11H2,1-3H3. The maximum atomic E-state index is 3.68. The Bertz CT molecular complexity index is 379. The highest BCUT2D eigenvalue weighted by molar-refractivity contribution is 7.99. The third-order valence-corrected chi connectivity index (χ3v) is 4.77. The molecule has 0 radical (unpaired) electrons. The van der Waals surface area contributed by atoms with Gasteiger partial charge in [-0.3, -0.25) is 0 Å². The average molecular weight is 264 g/mol. The summed E-state index contributed by atoms with van der Waals surface area (Å²) in [6.07, 6.45) is 1.22. The molecule has 2 atom stereocenters. The monoisotopic (exact) mass is 264 g/mol. The van der Waals surface area contributed by atoms with Gasteiger partial charge in [0.15, 0.2) is 0 Å². The molecule has 0 aromatic heterocycles. The summed E-state index contributed by atoms with van der Waals surface area (Å²) >= 11 is 2.00. The zero-order valence-corrected chi connectivity index (χ0v) is 12.5. The van der Waals surface area contributed by atoms with Crippen LogP contribution in [0.2, 0.25) is 0 Å². The largest absolute Gasteiger partial charge is 0.314 e. The predicted octanol–water partition coefficient (Wildman–Crippen LogP) is 2.81. The van der Waals surface area contributed by atoms with Crippen molar-refractivity contribution in [2.24, 2.45) is 0 Å². The number of hydrogen-bond acceptors (Lipinski definition) is 3. The van der Waals surface area contributed by atoms with Crippen molar-refractivity contribution in [2.45, 2.75) is 30.2 Å². The van der Waals surface area contributed by atoms with Gasteiger partial charge in [0.2, 0.25) is 0 Å². The van der Waals surface area contributed by atoms with E-state index in [9.17, 15) is 0 Å². The van der Waals surface area contributed by atoms with E-state index < -0.39 is 0 Å². The van der Waals surface area contributed by atoms with E-state index in [1.54, 1.807) is 0 Å². The first-order valence-electron chi connectivity index (χ1n) is 6.76. The summed E-state index contributed by atoms with van der Waals surface area (Å²) in [7, 11) is 4.27. The van der Waals surface area contributed by atoms with Crippen LogP contribution in [0.5, 0.6) is 0 Å². The minimum Gasteiger partial charge on any atom is -0.314 e. The SMILES string of the molecule is CC(CCN(C)C)NCC1CSc2ccccc21. The Labute approximate surface area is 115 Å². The van der Waals surface area contributed by atoms with E-state index in [2.05, 4.69) is 55.5 Å². The Morgan fingerprint density at radius 2 is 2.17 bits per heavy atom. The maximum absolute atomic E-state index is 3.68. The number of benzene rings is 1. The van der Waals surface area contributed by atoms with Gasteiger partial charge in [-0.15, -0.1) is 11.8 Å². The molecular weight excluding hydrogens is 240 g/mol. The Kier molecular flexibility index (Phi) is 5.10. The Balaban J connectivity index is 1.78. The summed E-state index contributed by atoms with van der Waals surface area (Å²) in [6, 6.07) is 9.43. The lowest BCUT2D eigenvalue weighted by molar-refractivity contribution is 0.364. The fraction of sp³-hybridized carbons (Fsp3) is 0.600. The molecule has 1 aliphatic heterocycles. The van der Waals surface area contributed by atoms with Crippen LogP contribution in [0.15, 0.2) is 29.2 Å². The van der Waals surface area contributed by atoms with Gasteiger partial charge in [0.05, 0.1) is 0 Å². The number of fused-ring (bicyclic) bond motifs is 1. The normalized spacial score (nSPS) is 20.1. The Morgan fingerprint density at radius 3 is 2.94 bits per heavy atom. The molecule has 0 spiro atoms. The van der Waals surface area contributed by atoms with E-state index in [0.29, 0.717) is 12.0 Å². The van der Waals surface area contributed by atoms with Crippen molar-refractivity contribution in [3.8, 4) is 0 Å². The van der Waals surface area contributed by atoms with Crippen LogP contribution in [0.1, 0.15) is 24.8 Å². The van der Waals surface area contributed by atoms with E-state index in [1.165, 1.54) is 22.6 Å². The van der Waals surface area contributed by atoms with Gasteiger partial charge in [-0.1, -0.05) is 18.2 Å². The molecule has 0 saturated carbocycles. The minimum absolute atomic E-state index is 0.602. The molecule has 0 bridgehead atoms. The summed E-state index contributed by atoms with van der Waals surface area (Å²) in [5, 5.41) is 3.68. The molecule has 1 aromatic carbocycles. The van der Waals surface area contributed by atoms with Crippen molar-refractivity contribution < 1.29 is 0 Å². The van der Waals surface area contributed by atoms with E-state index in [4.69, 9.17) is 0 Å². The topological polar surface area (TPSA) is 15.3 Å². The van der Waals surface area contributed by atoms with E-state index in [0.717, 1.165) is 13.1 Å². The van der Waals surface area contributed by atoms with E-state index in [1.807, 2.05) is 11.8 Å². The van der Waals surface area contributed by atoms with Gasteiger partial charge >= 0.3 is 0 Å². The van der Waals surface area contributed by atoms with Crippen LogP contribution < -0.4 is 5.32 Å². The second kappa shape index (κ2) is 6.60. The molecule has 2 unspecified atom stereocenters. The van der Waals surface area contributed by atoms with Crippen molar-refractivity contribution in [3.05, 3.63) is 29.8 Å². The van der Waals surface area contributed by atoms with Crippen molar-refractivity contribution >= 4 is 11.8 Å². The maximum Gasteiger partial charge on any atom is 0.0108 e. The molecule has 3 heteroatoms. The lowest BCUT2D eigenvalue weighted by Crippen LogP contribution is -2.33. The van der Waals surface area contributed by atoms with Gasteiger partial charge in [0, 0.05) is 29.2 Å². The third kappa shape index (κ3) is 3.74. The highest BCUT2D eigenvalue weighted by atomic mass is 32.2. The zero-order chi connectivity index (χ0) is 13.0. The van der Waals surface area contributed by atoms with Crippen LogP contribution in [0, 0.1) is 0 Å². The quantitative estimate of drug-likeness (QED) is 0.850. The molecule has 0 saturated heterocycles. The van der Waals surface area contributed by atoms with Crippen LogP contribution >= 0.6 is 11.8 Å². The smallest absolute Gasteiger partial charge is 0.0108 e. The van der Waals surface area contributed by atoms with Gasteiger partial charge in [0.1, 0.15) is 0 Å². The number of nitrogens with zero attached hydrogens (tertiary/aromatic N) is 1. The van der Waals surface area contributed by atoms with Crippen LogP contribution in [-0.2, 0) is 0 Å². The number of nitrogens with one attached hydrogen (secondary N) is 1. The van der Waals surface area contributed by atoms with Crippen molar-refractivity contribution in [1.29, 1.82) is 0 Å². The highest BCUT2D eigenvalue weighted by Crippen LogP contribution is 2.38. The molecule has 2 nitrogen and oxygen atoms in total. The molecule has 1 heterocycles. The Hall–Kier alpha value is -0.510. The fourth-order valence-corrected chi connectivity index (χ4v) is 3.55. The lowest BCUT2D eigenvalue weighted by Gasteiger charge is -2.19. The molecule has 1 N–H and O–H groups in total. The number of hydrogen-bond donors (Lipinski definition) is 1. The molecule has 1 aliphatic rings. The second-order valence-electron chi connectivity index (χ2n) is 5.45.